The molecule has 2 aliphatic heterocycles. The number of hydrogen-bond donors (Lipinski definition) is 1. The molecule has 158 valence electrons. The predicted molar refractivity (Wildman–Crippen MR) is 113 cm³/mol. The van der Waals surface area contributed by atoms with Gasteiger partial charge in [-0.1, -0.05) is 0 Å². The first-order valence-corrected chi connectivity index (χ1v) is 11.9. The average Bonchev–Trinajstić information content (AvgIpc) is 3.10. The van der Waals surface area contributed by atoms with Crippen LogP contribution in [-0.4, -0.2) is 63.4 Å². The highest BCUT2D eigenvalue weighted by molar-refractivity contribution is 7.89. The highest BCUT2D eigenvalue weighted by atomic mass is 32.2. The van der Waals surface area contributed by atoms with Crippen molar-refractivity contribution in [1.29, 1.82) is 5.26 Å². The molecule has 10 heteroatoms. The Kier molecular flexibility index (Phi) is 5.90. The van der Waals surface area contributed by atoms with Crippen LogP contribution in [0.15, 0.2) is 29.2 Å². The van der Waals surface area contributed by atoms with E-state index < -0.39 is 10.0 Å². The number of hydrogen-bond acceptors (Lipinski definition) is 7. The third-order valence-corrected chi connectivity index (χ3v) is 8.36. The quantitative estimate of drug-likeness (QED) is 0.769. The molecular weight excluding hydrogens is 424 g/mol. The van der Waals surface area contributed by atoms with Gasteiger partial charge in [0.2, 0.25) is 10.0 Å². The number of morpholine rings is 1. The standard InChI is InChI=1S/C20H22N4O4S2/c1-23-7-6-16-17(12-21)20(29-18(16)13-23)22-19(25)14-2-4-15(5-3-14)30(26,27)24-8-10-28-11-9-24/h2-5H,6-11,13H2,1H3,(H,22,25). The molecule has 8 nitrogen and oxygen atoms in total. The SMILES string of the molecule is CN1CCc2c(sc(NC(=O)c3ccc(S(=O)(=O)N4CCOCC4)cc3)c2C#N)C1. The van der Waals surface area contributed by atoms with E-state index in [0.717, 1.165) is 30.0 Å². The molecule has 1 aromatic heterocycles. The summed E-state index contributed by atoms with van der Waals surface area (Å²) < 4.78 is 32.0. The summed E-state index contributed by atoms with van der Waals surface area (Å²) in [4.78, 5) is 16.1. The Morgan fingerprint density at radius 2 is 1.90 bits per heavy atom. The predicted octanol–water partition coefficient (Wildman–Crippen LogP) is 1.88. The summed E-state index contributed by atoms with van der Waals surface area (Å²) in [5, 5.41) is 13.0. The molecule has 1 saturated heterocycles. The highest BCUT2D eigenvalue weighted by Gasteiger charge is 2.27. The number of benzene rings is 1. The number of fused-ring (bicyclic) bond motifs is 1. The number of rotatable bonds is 4. The molecule has 0 spiro atoms. The molecule has 2 aromatic rings. The van der Waals surface area contributed by atoms with E-state index >= 15 is 0 Å². The van der Waals surface area contributed by atoms with Gasteiger partial charge in [-0.25, -0.2) is 8.42 Å². The van der Waals surface area contributed by atoms with Gasteiger partial charge in [0.25, 0.3) is 5.91 Å². The third kappa shape index (κ3) is 3.99. The van der Waals surface area contributed by atoms with Crippen molar-refractivity contribution < 1.29 is 17.9 Å². The highest BCUT2D eigenvalue weighted by Crippen LogP contribution is 2.36. The fraction of sp³-hybridized carbons (Fsp3) is 0.400. The summed E-state index contributed by atoms with van der Waals surface area (Å²) in [6.45, 7) is 3.03. The van der Waals surface area contributed by atoms with Crippen LogP contribution in [0, 0.1) is 11.3 Å². The molecule has 0 saturated carbocycles. The zero-order valence-electron chi connectivity index (χ0n) is 16.6. The van der Waals surface area contributed by atoms with Crippen molar-refractivity contribution in [1.82, 2.24) is 9.21 Å². The Labute approximate surface area is 179 Å². The van der Waals surface area contributed by atoms with Crippen LogP contribution in [0.4, 0.5) is 5.00 Å². The Morgan fingerprint density at radius 1 is 1.20 bits per heavy atom. The molecule has 0 bridgehead atoms. The molecule has 1 N–H and O–H groups in total. The smallest absolute Gasteiger partial charge is 0.256 e. The minimum absolute atomic E-state index is 0.147. The van der Waals surface area contributed by atoms with Crippen molar-refractivity contribution in [2.24, 2.45) is 0 Å². The van der Waals surface area contributed by atoms with Crippen LogP contribution in [0.3, 0.4) is 0 Å². The van der Waals surface area contributed by atoms with Gasteiger partial charge < -0.3 is 15.0 Å². The van der Waals surface area contributed by atoms with E-state index in [4.69, 9.17) is 4.74 Å². The molecule has 1 amide bonds. The molecule has 1 fully saturated rings. The van der Waals surface area contributed by atoms with E-state index in [2.05, 4.69) is 16.3 Å². The third-order valence-electron chi connectivity index (χ3n) is 5.31. The maximum absolute atomic E-state index is 12.7. The number of carbonyl (C=O) groups excluding carboxylic acids is 1. The fourth-order valence-corrected chi connectivity index (χ4v) is 6.31. The maximum atomic E-state index is 12.7. The van der Waals surface area contributed by atoms with Crippen molar-refractivity contribution in [2.75, 3.05) is 45.2 Å². The van der Waals surface area contributed by atoms with Gasteiger partial charge in [-0.05, 0) is 43.3 Å². The molecule has 30 heavy (non-hydrogen) atoms. The zero-order chi connectivity index (χ0) is 21.3. The van der Waals surface area contributed by atoms with Crippen LogP contribution in [0.2, 0.25) is 0 Å². The van der Waals surface area contributed by atoms with Gasteiger partial charge in [-0.3, -0.25) is 4.79 Å². The molecule has 0 unspecified atom stereocenters. The summed E-state index contributed by atoms with van der Waals surface area (Å²) >= 11 is 1.43. The van der Waals surface area contributed by atoms with E-state index in [-0.39, 0.29) is 10.8 Å². The molecular formula is C20H22N4O4S2. The second kappa shape index (κ2) is 8.45. The minimum Gasteiger partial charge on any atom is -0.379 e. The molecule has 2 aliphatic rings. The number of carbonyl (C=O) groups is 1. The summed E-state index contributed by atoms with van der Waals surface area (Å²) in [5.74, 6) is -0.367. The number of nitriles is 1. The second-order valence-electron chi connectivity index (χ2n) is 7.30. The van der Waals surface area contributed by atoms with Crippen LogP contribution < -0.4 is 5.32 Å². The van der Waals surface area contributed by atoms with Gasteiger partial charge >= 0.3 is 0 Å². The fourth-order valence-electron chi connectivity index (χ4n) is 3.63. The number of ether oxygens (including phenoxy) is 1. The van der Waals surface area contributed by atoms with Crippen LogP contribution in [0.1, 0.15) is 26.4 Å². The van der Waals surface area contributed by atoms with Crippen molar-refractivity contribution in [3.63, 3.8) is 0 Å². The lowest BCUT2D eigenvalue weighted by molar-refractivity contribution is 0.0730. The summed E-state index contributed by atoms with van der Waals surface area (Å²) in [5.41, 5.74) is 1.88. The number of likely N-dealkylation sites (N-methyl/N-ethyl adjacent to an activating group) is 1. The van der Waals surface area contributed by atoms with Gasteiger partial charge in [-0.2, -0.15) is 9.57 Å². The van der Waals surface area contributed by atoms with Crippen LogP contribution >= 0.6 is 11.3 Å². The molecule has 0 radical (unpaired) electrons. The van der Waals surface area contributed by atoms with Crippen molar-refractivity contribution in [3.8, 4) is 6.07 Å². The molecule has 0 atom stereocenters. The molecule has 4 rings (SSSR count). The Bertz CT molecular complexity index is 1100. The van der Waals surface area contributed by atoms with E-state index in [0.29, 0.717) is 42.4 Å². The summed E-state index contributed by atoms with van der Waals surface area (Å²) in [6.07, 6.45) is 0.787. The number of amides is 1. The maximum Gasteiger partial charge on any atom is 0.256 e. The van der Waals surface area contributed by atoms with Crippen LogP contribution in [0.25, 0.3) is 0 Å². The summed E-state index contributed by atoms with van der Waals surface area (Å²) in [6, 6.07) is 8.10. The van der Waals surface area contributed by atoms with Crippen molar-refractivity contribution in [3.05, 3.63) is 45.8 Å². The molecule has 1 aromatic carbocycles. The topological polar surface area (TPSA) is 103 Å². The summed E-state index contributed by atoms with van der Waals surface area (Å²) in [7, 11) is -1.58. The van der Waals surface area contributed by atoms with Gasteiger partial charge in [0.05, 0.1) is 23.7 Å². The first kappa shape index (κ1) is 21.0. The minimum atomic E-state index is -3.61. The lowest BCUT2D eigenvalue weighted by atomic mass is 10.0. The molecule has 0 aliphatic carbocycles. The largest absolute Gasteiger partial charge is 0.379 e. The lowest BCUT2D eigenvalue weighted by Crippen LogP contribution is -2.40. The van der Waals surface area contributed by atoms with Crippen LogP contribution in [0.5, 0.6) is 0 Å². The van der Waals surface area contributed by atoms with E-state index in [1.54, 1.807) is 0 Å². The molecule has 3 heterocycles. The Morgan fingerprint density at radius 3 is 2.57 bits per heavy atom. The first-order chi connectivity index (χ1) is 14.4. The normalized spacial score (nSPS) is 17.9. The first-order valence-electron chi connectivity index (χ1n) is 9.62. The van der Waals surface area contributed by atoms with E-state index in [9.17, 15) is 18.5 Å². The average molecular weight is 447 g/mol. The second-order valence-corrected chi connectivity index (χ2v) is 10.3. The van der Waals surface area contributed by atoms with Gasteiger partial charge in [-0.15, -0.1) is 11.3 Å². The number of nitrogens with one attached hydrogen (secondary N) is 1. The monoisotopic (exact) mass is 446 g/mol. The Hall–Kier alpha value is -2.29. The number of nitrogens with zero attached hydrogens (tertiary/aromatic N) is 3. The van der Waals surface area contributed by atoms with Gasteiger partial charge in [0.15, 0.2) is 0 Å². The van der Waals surface area contributed by atoms with Gasteiger partial charge in [0.1, 0.15) is 11.1 Å². The Balaban J connectivity index is 1.52. The van der Waals surface area contributed by atoms with E-state index in [1.807, 2.05) is 7.05 Å². The van der Waals surface area contributed by atoms with Crippen molar-refractivity contribution >= 4 is 32.3 Å². The van der Waals surface area contributed by atoms with E-state index in [1.165, 1.54) is 39.9 Å². The van der Waals surface area contributed by atoms with Crippen molar-refractivity contribution in [2.45, 2.75) is 17.9 Å². The number of anilines is 1. The number of sulfonamides is 1. The lowest BCUT2D eigenvalue weighted by Gasteiger charge is -2.26. The van der Waals surface area contributed by atoms with Gasteiger partial charge in [0, 0.05) is 36.6 Å². The number of thiophene rings is 1. The zero-order valence-corrected chi connectivity index (χ0v) is 18.2. The van der Waals surface area contributed by atoms with Crippen LogP contribution in [-0.2, 0) is 27.7 Å².